The number of hydrogen-bond donors (Lipinski definition) is 2. The van der Waals surface area contributed by atoms with Gasteiger partial charge < -0.3 is 11.1 Å². The predicted octanol–water partition coefficient (Wildman–Crippen LogP) is 3.81. The van der Waals surface area contributed by atoms with Crippen molar-refractivity contribution >= 4 is 33.8 Å². The number of nitrogens with zero attached hydrogens (tertiary/aromatic N) is 2. The highest BCUT2D eigenvalue weighted by molar-refractivity contribution is 7.20. The van der Waals surface area contributed by atoms with Gasteiger partial charge in [-0.3, -0.25) is 4.79 Å². The van der Waals surface area contributed by atoms with E-state index in [1.165, 1.54) is 31.3 Å². The summed E-state index contributed by atoms with van der Waals surface area (Å²) in [6.07, 6.45) is -3.86. The van der Waals surface area contributed by atoms with E-state index in [2.05, 4.69) is 21.0 Å². The molecule has 3 aromatic rings. The molecule has 25 heavy (non-hydrogen) atoms. The average Bonchev–Trinajstić information content (AvgIpc) is 3.05. The molecular formula is C16H15F3N4OS. The number of hydrogen-bond acceptors (Lipinski definition) is 6. The first-order valence-corrected chi connectivity index (χ1v) is 7.94. The number of carbonyl (C=O) groups excluding carboxylic acids is 1. The Morgan fingerprint density at radius 3 is 2.48 bits per heavy atom. The van der Waals surface area contributed by atoms with Gasteiger partial charge in [-0.05, 0) is 19.2 Å². The molecule has 0 aliphatic rings. The van der Waals surface area contributed by atoms with Crippen molar-refractivity contribution in [2.75, 3.05) is 19.4 Å². The van der Waals surface area contributed by atoms with Crippen molar-refractivity contribution in [1.82, 2.24) is 9.97 Å². The largest absolute Gasteiger partial charge is 0.417 e. The lowest BCUT2D eigenvalue weighted by Crippen LogP contribution is -2.08. The number of aromatic nitrogens is 2. The van der Waals surface area contributed by atoms with Crippen LogP contribution in [0.1, 0.15) is 15.2 Å². The van der Waals surface area contributed by atoms with Crippen LogP contribution >= 0.6 is 11.3 Å². The first-order chi connectivity index (χ1) is 11.9. The van der Waals surface area contributed by atoms with E-state index >= 15 is 0 Å². The van der Waals surface area contributed by atoms with Crippen molar-refractivity contribution in [2.45, 2.75) is 6.18 Å². The number of fused-ring (bicyclic) bond motifs is 1. The molecule has 5 nitrogen and oxygen atoms in total. The van der Waals surface area contributed by atoms with E-state index in [-0.39, 0.29) is 17.2 Å². The first kappa shape index (κ1) is 18.8. The number of rotatable bonds is 3. The molecule has 0 aliphatic heterocycles. The number of nitrogens with one attached hydrogen (secondary N) is 1. The molecule has 132 valence electrons. The van der Waals surface area contributed by atoms with Gasteiger partial charge in [0, 0.05) is 18.0 Å². The van der Waals surface area contributed by atoms with E-state index < -0.39 is 11.7 Å². The van der Waals surface area contributed by atoms with Gasteiger partial charge in [-0.1, -0.05) is 18.2 Å². The Labute approximate surface area is 145 Å². The summed E-state index contributed by atoms with van der Waals surface area (Å²) >= 11 is 1.11. The maximum Gasteiger partial charge on any atom is 0.417 e. The monoisotopic (exact) mass is 368 g/mol. The quantitative estimate of drug-likeness (QED) is 0.687. The molecule has 0 amide bonds. The molecule has 2 aromatic heterocycles. The Morgan fingerprint density at radius 2 is 1.88 bits per heavy atom. The average molecular weight is 368 g/mol. The van der Waals surface area contributed by atoms with E-state index in [0.29, 0.717) is 21.4 Å². The number of nitrogens with two attached hydrogens (primary N) is 1. The van der Waals surface area contributed by atoms with Gasteiger partial charge in [0.15, 0.2) is 6.29 Å². The maximum absolute atomic E-state index is 13.3. The van der Waals surface area contributed by atoms with Crippen LogP contribution in [0.4, 0.5) is 19.1 Å². The minimum Gasteiger partial charge on any atom is -0.357 e. The second-order valence-electron chi connectivity index (χ2n) is 4.67. The van der Waals surface area contributed by atoms with Crippen molar-refractivity contribution in [3.63, 3.8) is 0 Å². The lowest BCUT2D eigenvalue weighted by atomic mass is 10.0. The van der Waals surface area contributed by atoms with Gasteiger partial charge in [0.2, 0.25) is 5.95 Å². The topological polar surface area (TPSA) is 80.9 Å². The molecular weight excluding hydrogens is 353 g/mol. The van der Waals surface area contributed by atoms with Gasteiger partial charge in [-0.25, -0.2) is 9.97 Å². The Bertz CT molecular complexity index is 893. The van der Waals surface area contributed by atoms with Crippen LogP contribution in [0.25, 0.3) is 21.5 Å². The van der Waals surface area contributed by atoms with Gasteiger partial charge in [-0.2, -0.15) is 13.2 Å². The summed E-state index contributed by atoms with van der Waals surface area (Å²) < 4.78 is 39.8. The van der Waals surface area contributed by atoms with Gasteiger partial charge in [0.1, 0.15) is 4.83 Å². The molecule has 0 radical (unpaired) electrons. The van der Waals surface area contributed by atoms with Crippen molar-refractivity contribution in [2.24, 2.45) is 5.73 Å². The second-order valence-corrected chi connectivity index (χ2v) is 5.74. The maximum atomic E-state index is 13.3. The summed E-state index contributed by atoms with van der Waals surface area (Å²) in [5.41, 5.74) is 3.83. The number of thiophene rings is 1. The molecule has 0 fully saturated rings. The highest BCUT2D eigenvalue weighted by Gasteiger charge is 2.34. The van der Waals surface area contributed by atoms with Crippen LogP contribution in [0.3, 0.4) is 0 Å². The zero-order chi connectivity index (χ0) is 18.6. The Hall–Kier alpha value is -2.52. The van der Waals surface area contributed by atoms with E-state index in [4.69, 9.17) is 0 Å². The molecule has 0 spiro atoms. The third-order valence-electron chi connectivity index (χ3n) is 3.24. The normalized spacial score (nSPS) is 11.0. The van der Waals surface area contributed by atoms with Gasteiger partial charge >= 0.3 is 6.18 Å². The molecule has 0 saturated carbocycles. The van der Waals surface area contributed by atoms with Crippen LogP contribution in [-0.2, 0) is 6.18 Å². The molecule has 0 aliphatic carbocycles. The molecule has 0 saturated heterocycles. The molecule has 2 heterocycles. The predicted molar refractivity (Wildman–Crippen MR) is 92.9 cm³/mol. The smallest absolute Gasteiger partial charge is 0.357 e. The molecule has 1 aromatic carbocycles. The standard InChI is InChI=1S/C15H10F3N3OS.CH5N/c1-19-14-20-12(10-6-8(7-22)23-13(10)21-14)9-4-2-3-5-11(9)15(16,17)18;1-2/h2-7H,1H3,(H,19,20,21);2H2,1H3. The van der Waals surface area contributed by atoms with Crippen molar-refractivity contribution in [3.8, 4) is 11.3 Å². The highest BCUT2D eigenvalue weighted by Crippen LogP contribution is 2.40. The summed E-state index contributed by atoms with van der Waals surface area (Å²) in [5.74, 6) is 0.198. The minimum absolute atomic E-state index is 0.0425. The van der Waals surface area contributed by atoms with Gasteiger partial charge in [0.05, 0.1) is 16.1 Å². The molecule has 3 N–H and O–H groups in total. The van der Waals surface area contributed by atoms with Crippen LogP contribution in [-0.4, -0.2) is 30.3 Å². The number of anilines is 1. The zero-order valence-electron chi connectivity index (χ0n) is 13.4. The van der Waals surface area contributed by atoms with E-state index in [1.54, 1.807) is 7.05 Å². The number of alkyl halides is 3. The lowest BCUT2D eigenvalue weighted by molar-refractivity contribution is -0.137. The lowest BCUT2D eigenvalue weighted by Gasteiger charge is -2.13. The van der Waals surface area contributed by atoms with Crippen molar-refractivity contribution in [1.29, 1.82) is 0 Å². The Morgan fingerprint density at radius 1 is 1.20 bits per heavy atom. The molecule has 0 bridgehead atoms. The third-order valence-corrected chi connectivity index (χ3v) is 4.19. The summed E-state index contributed by atoms with van der Waals surface area (Å²) in [7, 11) is 3.08. The molecule has 3 rings (SSSR count). The fourth-order valence-electron chi connectivity index (χ4n) is 2.25. The molecule has 0 atom stereocenters. The van der Waals surface area contributed by atoms with Crippen LogP contribution in [0.5, 0.6) is 0 Å². The van der Waals surface area contributed by atoms with Crippen molar-refractivity contribution in [3.05, 3.63) is 40.8 Å². The first-order valence-electron chi connectivity index (χ1n) is 7.13. The van der Waals surface area contributed by atoms with Gasteiger partial charge in [0.25, 0.3) is 0 Å². The molecule has 0 unspecified atom stereocenters. The van der Waals surface area contributed by atoms with Gasteiger partial charge in [-0.15, -0.1) is 11.3 Å². The number of aldehydes is 1. The van der Waals surface area contributed by atoms with Crippen LogP contribution in [0.15, 0.2) is 30.3 Å². The van der Waals surface area contributed by atoms with E-state index in [9.17, 15) is 18.0 Å². The zero-order valence-corrected chi connectivity index (χ0v) is 14.2. The Kier molecular flexibility index (Phi) is 5.70. The number of carbonyl (C=O) groups is 1. The summed E-state index contributed by atoms with van der Waals surface area (Å²) in [5, 5.41) is 3.15. The fourth-order valence-corrected chi connectivity index (χ4v) is 3.10. The fraction of sp³-hybridized carbons (Fsp3) is 0.188. The van der Waals surface area contributed by atoms with Crippen LogP contribution in [0, 0.1) is 0 Å². The highest BCUT2D eigenvalue weighted by atomic mass is 32.1. The summed E-state index contributed by atoms with van der Waals surface area (Å²) in [4.78, 5) is 20.2. The second kappa shape index (κ2) is 7.58. The molecule has 9 heteroatoms. The number of benzene rings is 1. The SMILES string of the molecule is CN.CNc1nc(-c2ccccc2C(F)(F)F)c2cc(C=O)sc2n1. The number of halogens is 3. The van der Waals surface area contributed by atoms with Crippen molar-refractivity contribution < 1.29 is 18.0 Å². The summed E-state index contributed by atoms with van der Waals surface area (Å²) in [6, 6.07) is 6.73. The third kappa shape index (κ3) is 3.77. The Balaban J connectivity index is 0.00000109. The summed E-state index contributed by atoms with van der Waals surface area (Å²) in [6.45, 7) is 0. The minimum atomic E-state index is -4.50. The van der Waals surface area contributed by atoms with E-state index in [1.807, 2.05) is 0 Å². The van der Waals surface area contributed by atoms with Crippen LogP contribution in [0.2, 0.25) is 0 Å². The van der Waals surface area contributed by atoms with E-state index in [0.717, 1.165) is 17.4 Å². The van der Waals surface area contributed by atoms with Crippen LogP contribution < -0.4 is 11.1 Å².